The number of carbonyl (C=O) groups is 1. The molecule has 0 aliphatic heterocycles. The van der Waals surface area contributed by atoms with E-state index in [1.807, 2.05) is 12.1 Å². The number of nitriles is 2. The number of hydrogen-bond acceptors (Lipinski definition) is 10. The van der Waals surface area contributed by atoms with Crippen LogP contribution in [0.3, 0.4) is 0 Å². The van der Waals surface area contributed by atoms with E-state index in [-0.39, 0.29) is 11.6 Å². The number of carbonyl (C=O) groups excluding carboxylic acids is 1. The molecule has 38 heavy (non-hydrogen) atoms. The summed E-state index contributed by atoms with van der Waals surface area (Å²) in [5.74, 6) is 11.9. The molecule has 0 atom stereocenters. The molecule has 1 N–H and O–H groups in total. The van der Waals surface area contributed by atoms with Crippen molar-refractivity contribution in [3.8, 4) is 35.8 Å². The first-order chi connectivity index (χ1) is 18.6. The van der Waals surface area contributed by atoms with E-state index >= 15 is 0 Å². The number of nitrogens with one attached hydrogen (secondary N) is 1. The van der Waals surface area contributed by atoms with Crippen LogP contribution in [-0.4, -0.2) is 39.1 Å². The van der Waals surface area contributed by atoms with Crippen molar-refractivity contribution in [2.45, 2.75) is 19.3 Å². The van der Waals surface area contributed by atoms with E-state index in [4.69, 9.17) is 20.1 Å². The Morgan fingerprint density at radius 3 is 2.05 bits per heavy atom. The molecule has 186 valence electrons. The number of hydrogen-bond donors (Lipinski definition) is 1. The van der Waals surface area contributed by atoms with Gasteiger partial charge < -0.3 is 4.74 Å². The second-order valence-corrected chi connectivity index (χ2v) is 7.46. The van der Waals surface area contributed by atoms with Crippen LogP contribution in [0.2, 0.25) is 0 Å². The van der Waals surface area contributed by atoms with Gasteiger partial charge in [0.1, 0.15) is 12.1 Å². The van der Waals surface area contributed by atoms with Crippen molar-refractivity contribution in [1.29, 1.82) is 10.5 Å². The molecule has 3 rings (SSSR count). The molecule has 0 fully saturated rings. The second-order valence-electron chi connectivity index (χ2n) is 7.46. The summed E-state index contributed by atoms with van der Waals surface area (Å²) in [5, 5.41) is 17.8. The zero-order chi connectivity index (χ0) is 27.0. The zero-order valence-electron chi connectivity index (χ0n) is 20.3. The van der Waals surface area contributed by atoms with Crippen molar-refractivity contribution < 1.29 is 14.4 Å². The van der Waals surface area contributed by atoms with Gasteiger partial charge in [0.2, 0.25) is 11.6 Å². The maximum Gasteiger partial charge on any atom is 0.330 e. The first-order valence-electron chi connectivity index (χ1n) is 11.4. The first kappa shape index (κ1) is 27.0. The average Bonchev–Trinajstić information content (AvgIpc) is 2.97. The Morgan fingerprint density at radius 1 is 0.842 bits per heavy atom. The summed E-state index contributed by atoms with van der Waals surface area (Å²) in [4.78, 5) is 32.9. The Hall–Kier alpha value is -5.55. The monoisotopic (exact) mass is 503 g/mol. The molecule has 0 saturated heterocycles. The van der Waals surface area contributed by atoms with Gasteiger partial charge in [0, 0.05) is 36.4 Å². The summed E-state index contributed by atoms with van der Waals surface area (Å²) in [5.41, 5.74) is 5.48. The van der Waals surface area contributed by atoms with E-state index < -0.39 is 5.97 Å². The number of nitrogens with zero attached hydrogens (tertiary/aromatic N) is 6. The van der Waals surface area contributed by atoms with Crippen molar-refractivity contribution in [3.05, 3.63) is 89.5 Å². The van der Waals surface area contributed by atoms with Gasteiger partial charge in [-0.2, -0.15) is 10.5 Å². The van der Waals surface area contributed by atoms with E-state index in [0.717, 1.165) is 18.9 Å². The van der Waals surface area contributed by atoms with E-state index in [2.05, 4.69) is 55.7 Å². The number of anilines is 1. The van der Waals surface area contributed by atoms with Crippen LogP contribution >= 0.6 is 0 Å². The molecule has 2 aromatic heterocycles. The van der Waals surface area contributed by atoms with Crippen LogP contribution < -0.4 is 5.48 Å². The predicted octanol–water partition coefficient (Wildman–Crippen LogP) is 3.05. The second kappa shape index (κ2) is 14.8. The Bertz CT molecular complexity index is 1480. The maximum absolute atomic E-state index is 11.1. The van der Waals surface area contributed by atoms with E-state index in [1.165, 1.54) is 24.8 Å². The van der Waals surface area contributed by atoms with Gasteiger partial charge >= 0.3 is 5.97 Å². The Kier molecular flexibility index (Phi) is 10.5. The van der Waals surface area contributed by atoms with Crippen LogP contribution in [-0.2, 0) is 14.4 Å². The minimum absolute atomic E-state index is 0.273. The lowest BCUT2D eigenvalue weighted by molar-refractivity contribution is -0.137. The molecule has 0 unspecified atom stereocenters. The fourth-order valence-electron chi connectivity index (χ4n) is 2.78. The lowest BCUT2D eigenvalue weighted by Crippen LogP contribution is -2.06. The van der Waals surface area contributed by atoms with Gasteiger partial charge in [0.05, 0.1) is 35.6 Å². The SMILES string of the molecule is C=CC(=O)OCCCCCONc1cc(C#Cc2ncc(C#N)cn2)ccc1C#Cc1ncc(C#N)cn1. The lowest BCUT2D eigenvalue weighted by Gasteiger charge is -2.10. The summed E-state index contributed by atoms with van der Waals surface area (Å²) in [6.45, 7) is 4.10. The van der Waals surface area contributed by atoms with Gasteiger partial charge in [-0.05, 0) is 49.3 Å². The molecule has 0 amide bonds. The Morgan fingerprint density at radius 2 is 1.45 bits per heavy atom. The quantitative estimate of drug-likeness (QED) is 0.152. The number of esters is 1. The summed E-state index contributed by atoms with van der Waals surface area (Å²) < 4.78 is 4.95. The van der Waals surface area contributed by atoms with Gasteiger partial charge in [-0.3, -0.25) is 10.3 Å². The highest BCUT2D eigenvalue weighted by molar-refractivity contribution is 5.81. The Labute approximate surface area is 220 Å². The van der Waals surface area contributed by atoms with Crippen LogP contribution in [0.15, 0.2) is 55.6 Å². The van der Waals surface area contributed by atoms with Crippen molar-refractivity contribution in [1.82, 2.24) is 19.9 Å². The minimum Gasteiger partial charge on any atom is -0.463 e. The number of unbranched alkanes of at least 4 members (excludes halogenated alkanes) is 2. The van der Waals surface area contributed by atoms with Crippen LogP contribution in [0.25, 0.3) is 0 Å². The van der Waals surface area contributed by atoms with Gasteiger partial charge in [-0.1, -0.05) is 18.4 Å². The van der Waals surface area contributed by atoms with Crippen molar-refractivity contribution in [2.75, 3.05) is 18.7 Å². The zero-order valence-corrected chi connectivity index (χ0v) is 20.3. The third-order valence-electron chi connectivity index (χ3n) is 4.69. The highest BCUT2D eigenvalue weighted by Gasteiger charge is 2.03. The summed E-state index contributed by atoms with van der Waals surface area (Å²) in [6, 6.07) is 9.26. The number of aromatic nitrogens is 4. The van der Waals surface area contributed by atoms with Crippen molar-refractivity contribution >= 4 is 11.7 Å². The smallest absolute Gasteiger partial charge is 0.330 e. The van der Waals surface area contributed by atoms with Gasteiger partial charge in [0.25, 0.3) is 0 Å². The lowest BCUT2D eigenvalue weighted by atomic mass is 10.1. The Balaban J connectivity index is 1.69. The fourth-order valence-corrected chi connectivity index (χ4v) is 2.78. The maximum atomic E-state index is 11.1. The minimum atomic E-state index is -0.434. The molecule has 0 aliphatic carbocycles. The third-order valence-corrected chi connectivity index (χ3v) is 4.69. The average molecular weight is 504 g/mol. The molecule has 0 aliphatic rings. The highest BCUT2D eigenvalue weighted by Crippen LogP contribution is 2.17. The summed E-state index contributed by atoms with van der Waals surface area (Å²) in [7, 11) is 0. The molecule has 0 saturated carbocycles. The summed E-state index contributed by atoms with van der Waals surface area (Å²) >= 11 is 0. The van der Waals surface area contributed by atoms with Gasteiger partial charge in [-0.25, -0.2) is 24.7 Å². The first-order valence-corrected chi connectivity index (χ1v) is 11.4. The number of ether oxygens (including phenoxy) is 1. The van der Waals surface area contributed by atoms with E-state index in [1.54, 1.807) is 18.2 Å². The largest absolute Gasteiger partial charge is 0.463 e. The molecule has 1 aromatic carbocycles. The van der Waals surface area contributed by atoms with Crippen LogP contribution in [0.1, 0.15) is 53.2 Å². The van der Waals surface area contributed by atoms with Gasteiger partial charge in [0.15, 0.2) is 0 Å². The molecular formula is C28H21N7O3. The molecule has 0 spiro atoms. The predicted molar refractivity (Wildman–Crippen MR) is 136 cm³/mol. The molecule has 0 radical (unpaired) electrons. The summed E-state index contributed by atoms with van der Waals surface area (Å²) in [6.07, 6.45) is 9.03. The highest BCUT2D eigenvalue weighted by atomic mass is 16.6. The normalized spacial score (nSPS) is 9.42. The van der Waals surface area contributed by atoms with E-state index in [9.17, 15) is 4.79 Å². The number of benzene rings is 1. The molecule has 3 aromatic rings. The molecule has 10 nitrogen and oxygen atoms in total. The van der Waals surface area contributed by atoms with Gasteiger partial charge in [-0.15, -0.1) is 0 Å². The van der Waals surface area contributed by atoms with E-state index in [0.29, 0.717) is 47.6 Å². The van der Waals surface area contributed by atoms with Crippen molar-refractivity contribution in [2.24, 2.45) is 0 Å². The van der Waals surface area contributed by atoms with Crippen molar-refractivity contribution in [3.63, 3.8) is 0 Å². The molecule has 0 bridgehead atoms. The molecule has 10 heteroatoms. The molecular weight excluding hydrogens is 482 g/mol. The van der Waals surface area contributed by atoms with Crippen LogP contribution in [0, 0.1) is 46.3 Å². The van der Waals surface area contributed by atoms with Crippen LogP contribution in [0.5, 0.6) is 0 Å². The standard InChI is InChI=1S/C28H21N7O3/c1-2-28(36)37-12-4-3-5-13-38-35-25-14-21(7-10-26-31-17-22(15-29)18-32-26)6-8-24(25)9-11-27-33-19-23(16-30)20-34-27/h2,6,8,14,17-20,35H,1,3-5,12-13H2. The number of rotatable bonds is 9. The third kappa shape index (κ3) is 8.91. The topological polar surface area (TPSA) is 147 Å². The molecule has 2 heterocycles. The fraction of sp³-hybridized carbons (Fsp3) is 0.179. The van der Waals surface area contributed by atoms with Crippen LogP contribution in [0.4, 0.5) is 5.69 Å².